The molecular formula is C106H172O11. The second-order valence-electron chi connectivity index (χ2n) is 37.9. The van der Waals surface area contributed by atoms with Gasteiger partial charge >= 0.3 is 0 Å². The number of aryl methyl sites for hydroxylation is 1. The molecule has 11 nitrogen and oxygen atoms in total. The van der Waals surface area contributed by atoms with Crippen LogP contribution in [0.4, 0.5) is 0 Å². The van der Waals surface area contributed by atoms with Crippen molar-refractivity contribution < 1.29 is 52.7 Å². The van der Waals surface area contributed by atoms with Gasteiger partial charge in [0, 0.05) is 109 Å². The average Bonchev–Trinajstić information content (AvgIpc) is 1.77. The molecule has 0 radical (unpaired) electrons. The Balaban J connectivity index is 0.000000656. The molecule has 7 aliphatic carbocycles. The smallest absolute Gasteiger partial charge is 0.133 e. The molecule has 3 aromatic rings. The lowest BCUT2D eigenvalue weighted by Gasteiger charge is -2.32. The van der Waals surface area contributed by atoms with E-state index in [9.17, 15) is 47.9 Å². The van der Waals surface area contributed by atoms with Crippen LogP contribution in [-0.2, 0) is 65.7 Å². The van der Waals surface area contributed by atoms with E-state index in [1.165, 1.54) is 145 Å². The number of ether oxygens (including phenoxy) is 1. The summed E-state index contributed by atoms with van der Waals surface area (Å²) in [5.41, 5.74) is 4.19. The lowest BCUT2D eigenvalue weighted by atomic mass is 9.72. The van der Waals surface area contributed by atoms with Crippen molar-refractivity contribution >= 4 is 57.8 Å². The van der Waals surface area contributed by atoms with Crippen molar-refractivity contribution in [1.82, 2.24) is 0 Å². The van der Waals surface area contributed by atoms with Crippen LogP contribution in [0.2, 0.25) is 0 Å². The molecule has 0 N–H and O–H groups in total. The third-order valence-electron chi connectivity index (χ3n) is 23.8. The van der Waals surface area contributed by atoms with Crippen LogP contribution in [0.1, 0.15) is 422 Å². The summed E-state index contributed by atoms with van der Waals surface area (Å²) in [6, 6.07) is 31.0. The van der Waals surface area contributed by atoms with Crippen LogP contribution in [-0.4, -0.2) is 64.4 Å². The molecule has 0 amide bonds. The summed E-state index contributed by atoms with van der Waals surface area (Å²) >= 11 is 0. The number of rotatable bonds is 24. The molecule has 7 saturated carbocycles. The van der Waals surface area contributed by atoms with E-state index in [1.807, 2.05) is 36.4 Å². The normalized spacial score (nSPS) is 22.3. The minimum Gasteiger partial charge on any atom is -0.376 e. The van der Waals surface area contributed by atoms with Gasteiger partial charge in [-0.25, -0.2) is 0 Å². The first-order valence-corrected chi connectivity index (χ1v) is 47.2. The van der Waals surface area contributed by atoms with E-state index in [4.69, 9.17) is 4.74 Å². The summed E-state index contributed by atoms with van der Waals surface area (Å²) in [6.45, 7) is 36.2. The van der Waals surface area contributed by atoms with Crippen LogP contribution in [0, 0.1) is 64.6 Å². The van der Waals surface area contributed by atoms with Gasteiger partial charge in [-0.15, -0.1) is 6.58 Å². The molecule has 10 rings (SSSR count). The Morgan fingerprint density at radius 3 is 1.34 bits per heavy atom. The molecule has 3 aromatic carbocycles. The number of hydrogen-bond donors (Lipinski definition) is 0. The Bertz CT molecular complexity index is 3120. The highest BCUT2D eigenvalue weighted by Gasteiger charge is 2.31. The Labute approximate surface area is 716 Å². The van der Waals surface area contributed by atoms with Crippen LogP contribution < -0.4 is 0 Å². The maximum Gasteiger partial charge on any atom is 0.133 e. The SMILES string of the molecule is C=CCC1CCCC(=O)C1.CC(=O)CC(C)CCCC(C)C.CC1CC(=O)CC(C)(C)C1.CC1CCCC(=O)C1.CC1CCCCCCCCCCCCC(=O)C1.CCC(C)CC(C)=O.CCCC(CC)CC(C)=O.O=C1CCC(CCc2ccccc2)C1.O=C1CCC(COCc2ccccc2)C1.O=C1CCCC(c2ccccc2)C1. The van der Waals surface area contributed by atoms with Crippen LogP contribution in [0.3, 0.4) is 0 Å². The second-order valence-corrected chi connectivity index (χ2v) is 37.9. The first kappa shape index (κ1) is 109. The lowest BCUT2D eigenvalue weighted by Crippen LogP contribution is -2.27. The van der Waals surface area contributed by atoms with Crippen LogP contribution in [0.25, 0.3) is 0 Å². The zero-order valence-electron chi connectivity index (χ0n) is 77.4. The Morgan fingerprint density at radius 2 is 0.889 bits per heavy atom. The number of Topliss-reactive ketones (excluding diaryl/α,β-unsaturated/α-hetero) is 10. The predicted octanol–water partition coefficient (Wildman–Crippen LogP) is 28.5. The zero-order chi connectivity index (χ0) is 87.0. The van der Waals surface area contributed by atoms with Gasteiger partial charge in [0.05, 0.1) is 13.2 Å². The van der Waals surface area contributed by atoms with E-state index in [1.54, 1.807) is 20.8 Å². The first-order chi connectivity index (χ1) is 55.8. The molecule has 662 valence electrons. The van der Waals surface area contributed by atoms with Crippen molar-refractivity contribution in [2.45, 2.75) is 418 Å². The summed E-state index contributed by atoms with van der Waals surface area (Å²) < 4.78 is 5.60. The fourth-order valence-electron chi connectivity index (χ4n) is 17.2. The second kappa shape index (κ2) is 68.7. The van der Waals surface area contributed by atoms with E-state index >= 15 is 0 Å². The van der Waals surface area contributed by atoms with E-state index in [0.717, 1.165) is 186 Å². The lowest BCUT2D eigenvalue weighted by molar-refractivity contribution is -0.125. The topological polar surface area (TPSA) is 180 Å². The molecule has 11 heteroatoms. The van der Waals surface area contributed by atoms with Crippen molar-refractivity contribution in [3.63, 3.8) is 0 Å². The number of benzene rings is 3. The average molecular weight is 1620 g/mol. The highest BCUT2D eigenvalue weighted by molar-refractivity contribution is 5.82. The molecule has 7 fully saturated rings. The third-order valence-corrected chi connectivity index (χ3v) is 23.8. The molecule has 0 aromatic heterocycles. The summed E-state index contributed by atoms with van der Waals surface area (Å²) in [7, 11) is 0. The number of carbonyl (C=O) groups excluding carboxylic acids is 10. The molecule has 0 bridgehead atoms. The molecule has 10 unspecified atom stereocenters. The maximum absolute atomic E-state index is 11.7. The third kappa shape index (κ3) is 63.7. The van der Waals surface area contributed by atoms with Crippen LogP contribution >= 0.6 is 0 Å². The number of carbonyl (C=O) groups is 10. The fourth-order valence-corrected chi connectivity index (χ4v) is 17.2. The Kier molecular flexibility index (Phi) is 64.0. The van der Waals surface area contributed by atoms with E-state index in [0.29, 0.717) is 124 Å². The summed E-state index contributed by atoms with van der Waals surface area (Å²) in [5.74, 6) is 10.8. The van der Waals surface area contributed by atoms with Gasteiger partial charge in [-0.3, -0.25) is 33.6 Å². The van der Waals surface area contributed by atoms with Gasteiger partial charge in [0.15, 0.2) is 0 Å². The summed E-state index contributed by atoms with van der Waals surface area (Å²) in [6.07, 6.45) is 52.2. The molecule has 0 spiro atoms. The first-order valence-electron chi connectivity index (χ1n) is 47.2. The minimum absolute atomic E-state index is 0.273. The molecule has 0 saturated heterocycles. The molecule has 10 atom stereocenters. The largest absolute Gasteiger partial charge is 0.376 e. The van der Waals surface area contributed by atoms with Gasteiger partial charge in [-0.05, 0) is 191 Å². The summed E-state index contributed by atoms with van der Waals surface area (Å²) in [4.78, 5) is 110. The Morgan fingerprint density at radius 1 is 0.444 bits per heavy atom. The highest BCUT2D eigenvalue weighted by Crippen LogP contribution is 2.37. The number of hydrogen-bond acceptors (Lipinski definition) is 11. The maximum atomic E-state index is 11.7. The number of ketones is 10. The van der Waals surface area contributed by atoms with Crippen molar-refractivity contribution in [2.75, 3.05) is 6.61 Å². The molecular weight excluding hydrogens is 1450 g/mol. The van der Waals surface area contributed by atoms with Gasteiger partial charge in [0.2, 0.25) is 0 Å². The zero-order valence-corrected chi connectivity index (χ0v) is 77.4. The van der Waals surface area contributed by atoms with E-state index < -0.39 is 0 Å². The predicted molar refractivity (Wildman–Crippen MR) is 491 cm³/mol. The molecule has 117 heavy (non-hydrogen) atoms. The van der Waals surface area contributed by atoms with Gasteiger partial charge in [0.1, 0.15) is 57.8 Å². The van der Waals surface area contributed by atoms with E-state index in [2.05, 4.69) is 150 Å². The Hall–Kier alpha value is -5.94. The quantitative estimate of drug-likeness (QED) is 0.0779. The standard InChI is InChI=1S/C16H30O.C13H16O2.C13H16O.C12H14O.C11H22O.C9H16O.C9H14O.C9H18O.C7H12O.C7H14O/c1-15-12-10-8-6-4-2-3-5-7-9-11-13-16(17)14-15;14-13-7-6-12(8-13)10-15-9-11-4-2-1-3-5-11;14-13-9-8-12(10-13)7-6-11-4-2-1-3-5-11;13-12-8-4-7-11(9-12)10-5-2-1-3-6-10;1-9(2)6-5-7-10(3)8-11(4)12;1-7-4-8(10)6-9(2,3)5-7;1-2-4-8-5-3-6-9(10)7-8;1-4-6-9(5-2)7-8(3)10;1-6-3-2-4-7(8)5-6;1-4-6(2)5-7(3)8/h15H,2-14H2,1H3;1-5,12H,6-10H2;1-5,12H,6-10H2;1-3,5-6,11H,4,7-9H2;9-10H,5-8H2,1-4H3;7H,4-6H2,1-3H3;2,8H,1,3-7H2;9H,4-7H2,1-3H3;6H,2-5H2,1H3;6H,4-5H2,1-3H3. The summed E-state index contributed by atoms with van der Waals surface area (Å²) in [5, 5.41) is 0. The molecule has 0 aliphatic heterocycles. The van der Waals surface area contributed by atoms with Gasteiger partial charge in [0.25, 0.3) is 0 Å². The highest BCUT2D eigenvalue weighted by atomic mass is 16.5. The van der Waals surface area contributed by atoms with Crippen molar-refractivity contribution in [3.05, 3.63) is 120 Å². The van der Waals surface area contributed by atoms with Crippen molar-refractivity contribution in [1.29, 1.82) is 0 Å². The fraction of sp³-hybridized carbons (Fsp3) is 0.717. The minimum atomic E-state index is 0.273. The number of allylic oxidation sites excluding steroid dienone is 1. The van der Waals surface area contributed by atoms with Crippen LogP contribution in [0.15, 0.2) is 104 Å². The van der Waals surface area contributed by atoms with Gasteiger partial charge < -0.3 is 19.1 Å². The molecule has 0 heterocycles. The van der Waals surface area contributed by atoms with Gasteiger partial charge in [-0.1, -0.05) is 289 Å². The van der Waals surface area contributed by atoms with Gasteiger partial charge in [-0.2, -0.15) is 0 Å². The van der Waals surface area contributed by atoms with Crippen LogP contribution in [0.5, 0.6) is 0 Å². The van der Waals surface area contributed by atoms with Crippen molar-refractivity contribution in [2.24, 2.45) is 64.6 Å². The van der Waals surface area contributed by atoms with E-state index in [-0.39, 0.29) is 5.41 Å². The van der Waals surface area contributed by atoms with Crippen molar-refractivity contribution in [3.8, 4) is 0 Å². The monoisotopic (exact) mass is 1620 g/mol. The molecule has 7 aliphatic rings.